The lowest BCUT2D eigenvalue weighted by Gasteiger charge is -2.27. The van der Waals surface area contributed by atoms with Crippen LogP contribution in [0.2, 0.25) is 0 Å². The number of carboxylic acids is 1. The first-order chi connectivity index (χ1) is 11.4. The predicted molar refractivity (Wildman–Crippen MR) is 89.5 cm³/mol. The van der Waals surface area contributed by atoms with Crippen LogP contribution in [-0.4, -0.2) is 42.8 Å². The molecule has 1 aliphatic heterocycles. The van der Waals surface area contributed by atoms with Gasteiger partial charge in [-0.15, -0.1) is 0 Å². The Bertz CT molecular complexity index is 590. The molecule has 2 rings (SSSR count). The molecule has 0 unspecified atom stereocenters. The number of hydrogen-bond acceptors (Lipinski definition) is 4. The van der Waals surface area contributed by atoms with Gasteiger partial charge < -0.3 is 19.9 Å². The van der Waals surface area contributed by atoms with Crippen LogP contribution in [-0.2, 0) is 9.53 Å². The van der Waals surface area contributed by atoms with E-state index < -0.39 is 12.6 Å². The quantitative estimate of drug-likeness (QED) is 0.833. The van der Waals surface area contributed by atoms with Crippen molar-refractivity contribution in [3.63, 3.8) is 0 Å². The van der Waals surface area contributed by atoms with Crippen LogP contribution in [0.5, 0.6) is 5.75 Å². The summed E-state index contributed by atoms with van der Waals surface area (Å²) < 4.78 is 10.8. The Hall–Kier alpha value is -2.08. The van der Waals surface area contributed by atoms with Crippen LogP contribution in [0.25, 0.3) is 0 Å². The van der Waals surface area contributed by atoms with Gasteiger partial charge in [-0.1, -0.05) is 0 Å². The first-order valence-electron chi connectivity index (χ1n) is 8.22. The van der Waals surface area contributed by atoms with Crippen molar-refractivity contribution in [1.82, 2.24) is 5.32 Å². The lowest BCUT2D eigenvalue weighted by molar-refractivity contribution is -0.139. The maximum Gasteiger partial charge on any atom is 0.341 e. The third-order valence-electron chi connectivity index (χ3n) is 4.21. The number of carbonyl (C=O) groups is 2. The van der Waals surface area contributed by atoms with E-state index in [-0.39, 0.29) is 12.0 Å². The summed E-state index contributed by atoms with van der Waals surface area (Å²) in [5, 5.41) is 11.7. The second-order valence-electron chi connectivity index (χ2n) is 6.40. The maximum absolute atomic E-state index is 12.4. The lowest BCUT2D eigenvalue weighted by Crippen LogP contribution is -2.34. The fourth-order valence-electron chi connectivity index (χ4n) is 3.06. The third-order valence-corrected chi connectivity index (χ3v) is 4.21. The fraction of sp³-hybridized carbons (Fsp3) is 0.556. The number of carboxylic acid groups (broad SMARTS) is 1. The summed E-state index contributed by atoms with van der Waals surface area (Å²) in [5.74, 6) is -0.184. The maximum atomic E-state index is 12.4. The number of nitrogens with one attached hydrogen (secondary N) is 1. The summed E-state index contributed by atoms with van der Waals surface area (Å²) in [7, 11) is 0. The Labute approximate surface area is 142 Å². The molecule has 0 bridgehead atoms. The Kier molecular flexibility index (Phi) is 6.20. The Morgan fingerprint density at radius 3 is 2.58 bits per heavy atom. The summed E-state index contributed by atoms with van der Waals surface area (Å²) in [4.78, 5) is 23.0. The molecule has 0 radical (unpaired) electrons. The molecule has 0 saturated carbocycles. The molecule has 0 spiro atoms. The molecule has 1 fully saturated rings. The number of aliphatic carboxylic acids is 1. The van der Waals surface area contributed by atoms with E-state index in [1.54, 1.807) is 26.0 Å². The first kappa shape index (κ1) is 18.3. The second kappa shape index (κ2) is 8.15. The van der Waals surface area contributed by atoms with E-state index >= 15 is 0 Å². The zero-order valence-corrected chi connectivity index (χ0v) is 14.4. The molecular weight excluding hydrogens is 310 g/mol. The fourth-order valence-corrected chi connectivity index (χ4v) is 3.06. The third kappa shape index (κ3) is 4.96. The van der Waals surface area contributed by atoms with E-state index in [2.05, 4.69) is 12.2 Å². The molecule has 0 aromatic heterocycles. The van der Waals surface area contributed by atoms with E-state index in [1.807, 2.05) is 0 Å². The van der Waals surface area contributed by atoms with Gasteiger partial charge in [-0.25, -0.2) is 4.79 Å². The molecular formula is C18H25NO5. The van der Waals surface area contributed by atoms with Crippen molar-refractivity contribution >= 4 is 11.9 Å². The molecule has 1 aromatic carbocycles. The first-order valence-corrected chi connectivity index (χ1v) is 8.22. The standard InChI is InChI=1S/C18H25NO5/c1-11-6-15(7-12(2)17(11)24-10-16(20)21)18(22)19-9-14-4-5-23-13(3)8-14/h6-7,13-14H,4-5,8-10H2,1-3H3,(H,19,22)(H,20,21)/t13-,14-/m0/s1. The van der Waals surface area contributed by atoms with Crippen molar-refractivity contribution in [2.24, 2.45) is 5.92 Å². The average molecular weight is 335 g/mol. The van der Waals surface area contributed by atoms with Gasteiger partial charge in [0.05, 0.1) is 6.10 Å². The normalized spacial score (nSPS) is 20.5. The van der Waals surface area contributed by atoms with Crippen LogP contribution in [0, 0.1) is 19.8 Å². The van der Waals surface area contributed by atoms with Crippen LogP contribution in [0.3, 0.4) is 0 Å². The predicted octanol–water partition coefficient (Wildman–Crippen LogP) is 2.31. The molecule has 132 valence electrons. The van der Waals surface area contributed by atoms with Gasteiger partial charge in [0.1, 0.15) is 5.75 Å². The van der Waals surface area contributed by atoms with Gasteiger partial charge in [-0.05, 0) is 62.8 Å². The summed E-state index contributed by atoms with van der Waals surface area (Å²) in [6.07, 6.45) is 2.17. The van der Waals surface area contributed by atoms with Crippen molar-refractivity contribution in [2.75, 3.05) is 19.8 Å². The van der Waals surface area contributed by atoms with E-state index in [1.165, 1.54) is 0 Å². The van der Waals surface area contributed by atoms with Crippen molar-refractivity contribution < 1.29 is 24.2 Å². The summed E-state index contributed by atoms with van der Waals surface area (Å²) in [6, 6.07) is 3.46. The van der Waals surface area contributed by atoms with Gasteiger partial charge in [-0.2, -0.15) is 0 Å². The molecule has 0 aliphatic carbocycles. The summed E-state index contributed by atoms with van der Waals surface area (Å²) in [5.41, 5.74) is 2.06. The lowest BCUT2D eigenvalue weighted by atomic mass is 9.96. The minimum absolute atomic E-state index is 0.120. The van der Waals surface area contributed by atoms with Crippen LogP contribution >= 0.6 is 0 Å². The highest BCUT2D eigenvalue weighted by Gasteiger charge is 2.20. The van der Waals surface area contributed by atoms with Crippen LogP contribution in [0.15, 0.2) is 12.1 Å². The number of rotatable bonds is 6. The molecule has 1 amide bonds. The average Bonchev–Trinajstić information content (AvgIpc) is 2.51. The number of amides is 1. The zero-order valence-electron chi connectivity index (χ0n) is 14.4. The SMILES string of the molecule is Cc1cc(C(=O)NC[C@H]2CCO[C@@H](C)C2)cc(C)c1OCC(=O)O. The second-order valence-corrected chi connectivity index (χ2v) is 6.40. The highest BCUT2D eigenvalue weighted by Crippen LogP contribution is 2.25. The highest BCUT2D eigenvalue weighted by atomic mass is 16.5. The van der Waals surface area contributed by atoms with Gasteiger partial charge in [0.15, 0.2) is 6.61 Å². The minimum atomic E-state index is -1.03. The van der Waals surface area contributed by atoms with E-state index in [0.717, 1.165) is 30.6 Å². The molecule has 1 aromatic rings. The zero-order chi connectivity index (χ0) is 17.7. The summed E-state index contributed by atoms with van der Waals surface area (Å²) in [6.45, 7) is 6.66. The topological polar surface area (TPSA) is 84.9 Å². The molecule has 2 N–H and O–H groups in total. The van der Waals surface area contributed by atoms with Gasteiger partial charge in [0.2, 0.25) is 0 Å². The number of aryl methyl sites for hydroxylation is 2. The minimum Gasteiger partial charge on any atom is -0.481 e. The van der Waals surface area contributed by atoms with Crippen LogP contribution < -0.4 is 10.1 Å². The Morgan fingerprint density at radius 1 is 1.33 bits per heavy atom. The number of ether oxygens (including phenoxy) is 2. The smallest absolute Gasteiger partial charge is 0.341 e. The van der Waals surface area contributed by atoms with Crippen molar-refractivity contribution in [3.05, 3.63) is 28.8 Å². The van der Waals surface area contributed by atoms with E-state index in [0.29, 0.717) is 23.8 Å². The van der Waals surface area contributed by atoms with Gasteiger partial charge in [0, 0.05) is 18.7 Å². The Balaban J connectivity index is 1.98. The van der Waals surface area contributed by atoms with E-state index in [9.17, 15) is 9.59 Å². The molecule has 24 heavy (non-hydrogen) atoms. The van der Waals surface area contributed by atoms with Gasteiger partial charge >= 0.3 is 5.97 Å². The molecule has 1 aliphatic rings. The van der Waals surface area contributed by atoms with E-state index in [4.69, 9.17) is 14.6 Å². The number of carbonyl (C=O) groups excluding carboxylic acids is 1. The van der Waals surface area contributed by atoms with Gasteiger partial charge in [-0.3, -0.25) is 4.79 Å². The van der Waals surface area contributed by atoms with Crippen molar-refractivity contribution in [2.45, 2.75) is 39.7 Å². The van der Waals surface area contributed by atoms with Gasteiger partial charge in [0.25, 0.3) is 5.91 Å². The molecule has 1 heterocycles. The summed E-state index contributed by atoms with van der Waals surface area (Å²) >= 11 is 0. The molecule has 1 saturated heterocycles. The van der Waals surface area contributed by atoms with Crippen LogP contribution in [0.1, 0.15) is 41.3 Å². The largest absolute Gasteiger partial charge is 0.481 e. The monoisotopic (exact) mass is 335 g/mol. The molecule has 6 nitrogen and oxygen atoms in total. The van der Waals surface area contributed by atoms with Crippen molar-refractivity contribution in [1.29, 1.82) is 0 Å². The molecule has 2 atom stereocenters. The van der Waals surface area contributed by atoms with Crippen LogP contribution in [0.4, 0.5) is 0 Å². The number of hydrogen-bond donors (Lipinski definition) is 2. The Morgan fingerprint density at radius 2 is 2.00 bits per heavy atom. The van der Waals surface area contributed by atoms with Crippen molar-refractivity contribution in [3.8, 4) is 5.75 Å². The molecule has 6 heteroatoms. The highest BCUT2D eigenvalue weighted by molar-refractivity contribution is 5.94. The number of benzene rings is 1.